The summed E-state index contributed by atoms with van der Waals surface area (Å²) in [6, 6.07) is 15.6. The first-order valence-corrected chi connectivity index (χ1v) is 9.60. The summed E-state index contributed by atoms with van der Waals surface area (Å²) in [5.74, 6) is 0.644. The summed E-state index contributed by atoms with van der Waals surface area (Å²) >= 11 is 0. The van der Waals surface area contributed by atoms with E-state index in [0.29, 0.717) is 23.1 Å². The van der Waals surface area contributed by atoms with Gasteiger partial charge >= 0.3 is 0 Å². The summed E-state index contributed by atoms with van der Waals surface area (Å²) < 4.78 is 5.48. The van der Waals surface area contributed by atoms with Crippen LogP contribution in [0.15, 0.2) is 48.5 Å². The van der Waals surface area contributed by atoms with Crippen molar-refractivity contribution >= 4 is 38.7 Å². The molecule has 0 aliphatic rings. The van der Waals surface area contributed by atoms with Gasteiger partial charge in [-0.3, -0.25) is 4.79 Å². The molecule has 4 aromatic rings. The average Bonchev–Trinajstić information content (AvgIpc) is 2.74. The van der Waals surface area contributed by atoms with Crippen molar-refractivity contribution < 1.29 is 9.53 Å². The van der Waals surface area contributed by atoms with Crippen molar-refractivity contribution in [3.05, 3.63) is 54.1 Å². The zero-order valence-electron chi connectivity index (χ0n) is 17.1. The summed E-state index contributed by atoms with van der Waals surface area (Å²) in [4.78, 5) is 24.6. The first kappa shape index (κ1) is 19.1. The Balaban J connectivity index is 1.85. The Morgan fingerprint density at radius 2 is 1.76 bits per heavy atom. The highest BCUT2D eigenvalue weighted by atomic mass is 16.5. The number of ether oxygens (including phenoxy) is 1. The van der Waals surface area contributed by atoms with Gasteiger partial charge in [0.15, 0.2) is 0 Å². The maximum Gasteiger partial charge on any atom is 0.253 e. The highest BCUT2D eigenvalue weighted by Gasteiger charge is 2.15. The number of carbonyl (C=O) groups excluding carboxylic acids is 1. The smallest absolute Gasteiger partial charge is 0.253 e. The number of likely N-dealkylation sites (N-methyl/N-ethyl adjacent to an activating group) is 1. The summed E-state index contributed by atoms with van der Waals surface area (Å²) in [6.45, 7) is 2.62. The number of nitrogens with zero attached hydrogens (tertiary/aromatic N) is 3. The molecule has 0 saturated carbocycles. The van der Waals surface area contributed by atoms with Crippen LogP contribution in [0.2, 0.25) is 0 Å². The van der Waals surface area contributed by atoms with Crippen molar-refractivity contribution in [3.63, 3.8) is 0 Å². The number of aromatic nitrogens is 2. The number of nitrogens with one attached hydrogen (secondary N) is 1. The van der Waals surface area contributed by atoms with Crippen LogP contribution in [-0.4, -0.2) is 54.6 Å². The molecule has 0 saturated heterocycles. The van der Waals surface area contributed by atoms with E-state index in [1.54, 1.807) is 13.2 Å². The fraction of sp³-hybridized carbons (Fsp3) is 0.261. The Kier molecular flexibility index (Phi) is 5.03. The van der Waals surface area contributed by atoms with Gasteiger partial charge < -0.3 is 15.0 Å². The van der Waals surface area contributed by atoms with E-state index in [2.05, 4.69) is 17.1 Å². The normalized spacial score (nSPS) is 12.6. The quantitative estimate of drug-likeness (QED) is 0.418. The van der Waals surface area contributed by atoms with E-state index in [1.807, 2.05) is 56.6 Å². The number of fused-ring (bicyclic) bond motifs is 4. The molecule has 1 amide bonds. The van der Waals surface area contributed by atoms with Gasteiger partial charge in [0, 0.05) is 23.4 Å². The minimum absolute atomic E-state index is 0.143. The van der Waals surface area contributed by atoms with Crippen LogP contribution in [-0.2, 0) is 0 Å². The molecule has 148 valence electrons. The second-order valence-electron chi connectivity index (χ2n) is 7.41. The third-order valence-electron chi connectivity index (χ3n) is 5.36. The topological polar surface area (TPSA) is 67.3 Å². The van der Waals surface area contributed by atoms with E-state index < -0.39 is 0 Å². The van der Waals surface area contributed by atoms with Crippen molar-refractivity contribution in [1.29, 1.82) is 0 Å². The Hall–Kier alpha value is -3.25. The van der Waals surface area contributed by atoms with Gasteiger partial charge in [0.05, 0.1) is 29.2 Å². The molecule has 0 aliphatic heterocycles. The molecular formula is C23H24N4O2. The highest BCUT2D eigenvalue weighted by molar-refractivity contribution is 6.11. The van der Waals surface area contributed by atoms with Gasteiger partial charge in [-0.2, -0.15) is 0 Å². The predicted molar refractivity (Wildman–Crippen MR) is 117 cm³/mol. The molecule has 3 aromatic carbocycles. The molecule has 0 bridgehead atoms. The molecule has 1 unspecified atom stereocenters. The van der Waals surface area contributed by atoms with E-state index in [-0.39, 0.29) is 11.9 Å². The van der Waals surface area contributed by atoms with Crippen LogP contribution >= 0.6 is 0 Å². The summed E-state index contributed by atoms with van der Waals surface area (Å²) in [6.07, 6.45) is 0. The van der Waals surface area contributed by atoms with E-state index in [4.69, 9.17) is 14.7 Å². The van der Waals surface area contributed by atoms with Crippen molar-refractivity contribution in [1.82, 2.24) is 20.2 Å². The fourth-order valence-electron chi connectivity index (χ4n) is 3.37. The summed E-state index contributed by atoms with van der Waals surface area (Å²) in [7, 11) is 5.64. The summed E-state index contributed by atoms with van der Waals surface area (Å²) in [5, 5.41) is 4.93. The van der Waals surface area contributed by atoms with Crippen LogP contribution in [0, 0.1) is 0 Å². The van der Waals surface area contributed by atoms with E-state index in [1.165, 1.54) is 0 Å². The van der Waals surface area contributed by atoms with E-state index in [9.17, 15) is 4.79 Å². The zero-order chi connectivity index (χ0) is 20.5. The number of carbonyl (C=O) groups is 1. The van der Waals surface area contributed by atoms with E-state index in [0.717, 1.165) is 27.6 Å². The lowest BCUT2D eigenvalue weighted by molar-refractivity contribution is 0.0945. The van der Waals surface area contributed by atoms with Crippen LogP contribution in [0.3, 0.4) is 0 Å². The number of para-hydroxylation sites is 1. The lowest BCUT2D eigenvalue weighted by Crippen LogP contribution is -2.38. The molecule has 1 N–H and O–H groups in total. The number of hydrogen-bond donors (Lipinski definition) is 1. The van der Waals surface area contributed by atoms with Crippen molar-refractivity contribution in [3.8, 4) is 5.75 Å². The Labute approximate surface area is 169 Å². The molecule has 0 radical (unpaired) electrons. The molecule has 0 spiro atoms. The molecule has 6 nitrogen and oxygen atoms in total. The third kappa shape index (κ3) is 3.47. The van der Waals surface area contributed by atoms with E-state index >= 15 is 0 Å². The minimum atomic E-state index is -0.143. The lowest BCUT2D eigenvalue weighted by Gasteiger charge is -2.20. The van der Waals surface area contributed by atoms with Gasteiger partial charge in [-0.1, -0.05) is 18.2 Å². The SMILES string of the molecule is COc1cccc2c1ccc1nc3cccc(C(=O)NCC(C)N(C)C)c3nc12. The lowest BCUT2D eigenvalue weighted by atomic mass is 10.1. The predicted octanol–water partition coefficient (Wildman–Crippen LogP) is 3.62. The van der Waals surface area contributed by atoms with Crippen molar-refractivity contribution in [2.24, 2.45) is 0 Å². The molecule has 1 aromatic heterocycles. The van der Waals surface area contributed by atoms with Crippen LogP contribution < -0.4 is 10.1 Å². The fourth-order valence-corrected chi connectivity index (χ4v) is 3.37. The molecule has 6 heteroatoms. The Morgan fingerprint density at radius 1 is 1.00 bits per heavy atom. The van der Waals surface area contributed by atoms with Crippen LogP contribution in [0.25, 0.3) is 32.8 Å². The Morgan fingerprint density at radius 3 is 2.52 bits per heavy atom. The maximum atomic E-state index is 12.9. The first-order valence-electron chi connectivity index (χ1n) is 9.60. The highest BCUT2D eigenvalue weighted by Crippen LogP contribution is 2.31. The number of methoxy groups -OCH3 is 1. The van der Waals surface area contributed by atoms with Gasteiger partial charge in [-0.15, -0.1) is 0 Å². The molecule has 29 heavy (non-hydrogen) atoms. The molecule has 4 rings (SSSR count). The van der Waals surface area contributed by atoms with Crippen molar-refractivity contribution in [2.45, 2.75) is 13.0 Å². The first-order chi connectivity index (χ1) is 14.0. The third-order valence-corrected chi connectivity index (χ3v) is 5.36. The zero-order valence-corrected chi connectivity index (χ0v) is 17.1. The standard InChI is InChI=1S/C23H24N4O2/c1-14(27(2)3)13-24-23(28)17-8-5-9-18-22(17)26-21-16-7-6-10-20(29-4)15(16)11-12-19(21)25-18/h5-12,14H,13H2,1-4H3,(H,24,28). The number of hydrogen-bond acceptors (Lipinski definition) is 5. The largest absolute Gasteiger partial charge is 0.496 e. The Bertz CT molecular complexity index is 1220. The second-order valence-corrected chi connectivity index (χ2v) is 7.41. The van der Waals surface area contributed by atoms with Gasteiger partial charge in [0.1, 0.15) is 11.3 Å². The number of amides is 1. The molecule has 1 atom stereocenters. The van der Waals surface area contributed by atoms with Crippen LogP contribution in [0.1, 0.15) is 17.3 Å². The summed E-state index contributed by atoms with van der Waals surface area (Å²) in [5.41, 5.74) is 3.38. The van der Waals surface area contributed by atoms with Gasteiger partial charge in [0.2, 0.25) is 0 Å². The van der Waals surface area contributed by atoms with Gasteiger partial charge in [0.25, 0.3) is 5.91 Å². The maximum absolute atomic E-state index is 12.9. The average molecular weight is 388 g/mol. The van der Waals surface area contributed by atoms with Gasteiger partial charge in [-0.25, -0.2) is 9.97 Å². The second kappa shape index (κ2) is 7.64. The molecular weight excluding hydrogens is 364 g/mol. The minimum Gasteiger partial charge on any atom is -0.496 e. The molecule has 0 aliphatic carbocycles. The molecule has 1 heterocycles. The molecule has 0 fully saturated rings. The van der Waals surface area contributed by atoms with Crippen LogP contribution in [0.4, 0.5) is 0 Å². The monoisotopic (exact) mass is 388 g/mol. The number of rotatable bonds is 5. The number of benzene rings is 3. The van der Waals surface area contributed by atoms with Crippen LogP contribution in [0.5, 0.6) is 5.75 Å². The van der Waals surface area contributed by atoms with Gasteiger partial charge in [-0.05, 0) is 51.4 Å². The van der Waals surface area contributed by atoms with Crippen molar-refractivity contribution in [2.75, 3.05) is 27.7 Å².